The van der Waals surface area contributed by atoms with Gasteiger partial charge in [0, 0.05) is 21.2 Å². The van der Waals surface area contributed by atoms with E-state index in [9.17, 15) is 4.79 Å². The van der Waals surface area contributed by atoms with Crippen molar-refractivity contribution in [3.8, 4) is 22.5 Å². The highest BCUT2D eigenvalue weighted by Gasteiger charge is 2.15. The molecule has 128 valence electrons. The Morgan fingerprint density at radius 3 is 1.81 bits per heavy atom. The van der Waals surface area contributed by atoms with E-state index in [0.29, 0.717) is 27.1 Å². The van der Waals surface area contributed by atoms with Crippen LogP contribution in [0.25, 0.3) is 33.7 Å². The van der Waals surface area contributed by atoms with Gasteiger partial charge in [-0.05, 0) is 36.5 Å². The maximum atomic E-state index is 12.2. The van der Waals surface area contributed by atoms with E-state index >= 15 is 0 Å². The predicted molar refractivity (Wildman–Crippen MR) is 106 cm³/mol. The molecule has 0 aliphatic carbocycles. The van der Waals surface area contributed by atoms with Crippen molar-refractivity contribution < 1.29 is 0 Å². The summed E-state index contributed by atoms with van der Waals surface area (Å²) >= 11 is 17.0. The lowest BCUT2D eigenvalue weighted by molar-refractivity contribution is 1.09. The molecule has 2 aromatic heterocycles. The third kappa shape index (κ3) is 3.14. The summed E-state index contributed by atoms with van der Waals surface area (Å²) in [7, 11) is 0. The van der Waals surface area contributed by atoms with Crippen LogP contribution in [0.4, 0.5) is 0 Å². The number of aromatic amines is 2. The normalized spacial score (nSPS) is 11.0. The Morgan fingerprint density at radius 2 is 1.27 bits per heavy atom. The summed E-state index contributed by atoms with van der Waals surface area (Å²) in [5.74, 6) is 0. The number of hydrogen-bond acceptors (Lipinski definition) is 4. The minimum Gasteiger partial charge on any atom is -0.315 e. The van der Waals surface area contributed by atoms with Gasteiger partial charge in [-0.1, -0.05) is 47.5 Å². The van der Waals surface area contributed by atoms with Crippen LogP contribution in [-0.4, -0.2) is 19.9 Å². The number of benzene rings is 2. The predicted octanol–water partition coefficient (Wildman–Crippen LogP) is 5.02. The lowest BCUT2D eigenvalue weighted by atomic mass is 10.0. The smallest absolute Gasteiger partial charge is 0.279 e. The fourth-order valence-corrected chi connectivity index (χ4v) is 3.04. The lowest BCUT2D eigenvalue weighted by Crippen LogP contribution is -2.12. The Bertz CT molecular complexity index is 1230. The van der Waals surface area contributed by atoms with Gasteiger partial charge in [-0.25, -0.2) is 9.97 Å². The first-order valence-corrected chi connectivity index (χ1v) is 8.74. The van der Waals surface area contributed by atoms with Gasteiger partial charge in [-0.3, -0.25) is 9.78 Å². The van der Waals surface area contributed by atoms with Gasteiger partial charge >= 0.3 is 0 Å². The number of nitrogens with zero attached hydrogens (tertiary/aromatic N) is 2. The molecule has 2 N–H and O–H groups in total. The highest BCUT2D eigenvalue weighted by Crippen LogP contribution is 2.31. The van der Waals surface area contributed by atoms with E-state index in [1.807, 2.05) is 24.3 Å². The molecule has 0 saturated heterocycles. The van der Waals surface area contributed by atoms with Crippen LogP contribution >= 0.6 is 35.4 Å². The largest absolute Gasteiger partial charge is 0.315 e. The van der Waals surface area contributed by atoms with Crippen molar-refractivity contribution in [3.63, 3.8) is 0 Å². The second kappa shape index (κ2) is 6.64. The zero-order chi connectivity index (χ0) is 18.3. The zero-order valence-corrected chi connectivity index (χ0v) is 15.4. The molecule has 0 spiro atoms. The van der Waals surface area contributed by atoms with Crippen LogP contribution in [0.2, 0.25) is 10.0 Å². The maximum absolute atomic E-state index is 12.2. The van der Waals surface area contributed by atoms with Crippen molar-refractivity contribution >= 4 is 46.6 Å². The number of fused-ring (bicyclic) bond motifs is 1. The van der Waals surface area contributed by atoms with E-state index < -0.39 is 5.56 Å². The minimum atomic E-state index is -0.394. The SMILES string of the molecule is O=c1[nH]c(=S)[nH]c2nc(-c3ccc(Cl)cc3)c(-c3ccc(Cl)cc3)nc12. The minimum absolute atomic E-state index is 0.182. The Morgan fingerprint density at radius 1 is 0.769 bits per heavy atom. The molecule has 0 bridgehead atoms. The monoisotopic (exact) mass is 400 g/mol. The fourth-order valence-electron chi connectivity index (χ4n) is 2.60. The van der Waals surface area contributed by atoms with E-state index in [1.54, 1.807) is 24.3 Å². The van der Waals surface area contributed by atoms with Crippen molar-refractivity contribution in [1.82, 2.24) is 19.9 Å². The number of halogens is 2. The molecule has 0 amide bonds. The number of rotatable bonds is 2. The van der Waals surface area contributed by atoms with Gasteiger partial charge in [0.15, 0.2) is 15.9 Å². The standard InChI is InChI=1S/C18H10Cl2N4OS/c19-11-5-1-9(2-6-11)13-14(10-3-7-12(20)8-4-10)22-16-15(21-13)17(25)24-18(26)23-16/h1-8H,(H2,22,23,24,25,26). The van der Waals surface area contributed by atoms with E-state index in [4.69, 9.17) is 35.4 Å². The van der Waals surface area contributed by atoms with Crippen molar-refractivity contribution in [2.45, 2.75) is 0 Å². The van der Waals surface area contributed by atoms with Gasteiger partial charge < -0.3 is 4.98 Å². The molecule has 2 aromatic carbocycles. The summed E-state index contributed by atoms with van der Waals surface area (Å²) in [6.07, 6.45) is 0. The van der Waals surface area contributed by atoms with E-state index in [0.717, 1.165) is 11.1 Å². The molecule has 0 fully saturated rings. The Kier molecular flexibility index (Phi) is 4.32. The molecule has 26 heavy (non-hydrogen) atoms. The molecule has 0 aliphatic rings. The zero-order valence-electron chi connectivity index (χ0n) is 13.1. The van der Waals surface area contributed by atoms with Crippen LogP contribution in [-0.2, 0) is 0 Å². The van der Waals surface area contributed by atoms with Crippen LogP contribution in [0.1, 0.15) is 0 Å². The second-order valence-electron chi connectivity index (χ2n) is 5.54. The molecule has 0 aliphatic heterocycles. The van der Waals surface area contributed by atoms with Crippen molar-refractivity contribution in [2.24, 2.45) is 0 Å². The fraction of sp³-hybridized carbons (Fsp3) is 0. The molecule has 2 heterocycles. The summed E-state index contributed by atoms with van der Waals surface area (Å²) < 4.78 is 0.193. The van der Waals surface area contributed by atoms with Crippen molar-refractivity contribution in [3.05, 3.63) is 73.7 Å². The number of hydrogen-bond donors (Lipinski definition) is 2. The van der Waals surface area contributed by atoms with Gasteiger partial charge in [-0.2, -0.15) is 0 Å². The number of nitrogens with one attached hydrogen (secondary N) is 2. The molecule has 0 saturated carbocycles. The molecule has 0 radical (unpaired) electrons. The molecular formula is C18H10Cl2N4OS. The van der Waals surface area contributed by atoms with Crippen LogP contribution in [0.5, 0.6) is 0 Å². The average molecular weight is 401 g/mol. The topological polar surface area (TPSA) is 74.4 Å². The molecule has 4 rings (SSSR count). The highest BCUT2D eigenvalue weighted by molar-refractivity contribution is 7.71. The van der Waals surface area contributed by atoms with Crippen LogP contribution < -0.4 is 5.56 Å². The van der Waals surface area contributed by atoms with Crippen LogP contribution in [0.15, 0.2) is 53.3 Å². The van der Waals surface area contributed by atoms with E-state index in [1.165, 1.54) is 0 Å². The van der Waals surface area contributed by atoms with Gasteiger partial charge in [-0.15, -0.1) is 0 Å². The molecule has 0 atom stereocenters. The summed E-state index contributed by atoms with van der Waals surface area (Å²) in [6.45, 7) is 0. The van der Waals surface area contributed by atoms with Crippen LogP contribution in [0, 0.1) is 4.77 Å². The first-order chi connectivity index (χ1) is 12.5. The summed E-state index contributed by atoms with van der Waals surface area (Å²) in [6, 6.07) is 14.4. The van der Waals surface area contributed by atoms with Gasteiger partial charge in [0.2, 0.25) is 0 Å². The third-order valence-corrected chi connectivity index (χ3v) is 4.51. The van der Waals surface area contributed by atoms with Gasteiger partial charge in [0.05, 0.1) is 11.4 Å². The number of aromatic nitrogens is 4. The van der Waals surface area contributed by atoms with Crippen LogP contribution in [0.3, 0.4) is 0 Å². The maximum Gasteiger partial charge on any atom is 0.279 e. The van der Waals surface area contributed by atoms with E-state index in [-0.39, 0.29) is 10.3 Å². The summed E-state index contributed by atoms with van der Waals surface area (Å²) in [4.78, 5) is 26.8. The van der Waals surface area contributed by atoms with E-state index in [2.05, 4.69) is 19.9 Å². The quantitative estimate of drug-likeness (QED) is 0.463. The van der Waals surface area contributed by atoms with Gasteiger partial charge in [0.25, 0.3) is 5.56 Å². The lowest BCUT2D eigenvalue weighted by Gasteiger charge is -2.10. The Balaban J connectivity index is 2.07. The number of H-pyrrole nitrogens is 2. The molecule has 0 unspecified atom stereocenters. The third-order valence-electron chi connectivity index (χ3n) is 3.81. The first-order valence-electron chi connectivity index (χ1n) is 7.57. The van der Waals surface area contributed by atoms with Gasteiger partial charge in [0.1, 0.15) is 0 Å². The highest BCUT2D eigenvalue weighted by atomic mass is 35.5. The molecule has 4 aromatic rings. The Hall–Kier alpha value is -2.54. The Labute approximate surface area is 162 Å². The average Bonchev–Trinajstić information content (AvgIpc) is 2.62. The molecular weight excluding hydrogens is 391 g/mol. The van der Waals surface area contributed by atoms with Crippen molar-refractivity contribution in [1.29, 1.82) is 0 Å². The summed E-state index contributed by atoms with van der Waals surface area (Å²) in [5.41, 5.74) is 2.88. The second-order valence-corrected chi connectivity index (χ2v) is 6.82. The van der Waals surface area contributed by atoms with Crippen molar-refractivity contribution in [2.75, 3.05) is 0 Å². The first kappa shape index (κ1) is 16.9. The summed E-state index contributed by atoms with van der Waals surface area (Å²) in [5, 5.41) is 1.23. The molecule has 5 nitrogen and oxygen atoms in total. The molecule has 8 heteroatoms.